The predicted octanol–water partition coefficient (Wildman–Crippen LogP) is 3.62. The minimum Gasteiger partial charge on any atom is -0.472 e. The van der Waals surface area contributed by atoms with Crippen LogP contribution in [-0.4, -0.2) is 27.5 Å². The molecule has 1 aliphatic heterocycles. The van der Waals surface area contributed by atoms with Crippen LogP contribution < -0.4 is 0 Å². The maximum Gasteiger partial charge on any atom is 0.257 e. The summed E-state index contributed by atoms with van der Waals surface area (Å²) >= 11 is 0. The van der Waals surface area contributed by atoms with E-state index in [4.69, 9.17) is 8.94 Å². The number of furan rings is 1. The van der Waals surface area contributed by atoms with E-state index in [9.17, 15) is 4.79 Å². The van der Waals surface area contributed by atoms with E-state index in [0.717, 1.165) is 24.0 Å². The lowest BCUT2D eigenvalue weighted by atomic mass is 10.1. The van der Waals surface area contributed by atoms with E-state index in [1.165, 1.54) is 12.5 Å². The molecular weight excluding hydrogens is 306 g/mol. The highest BCUT2D eigenvalue weighted by Crippen LogP contribution is 2.33. The second-order valence-corrected chi connectivity index (χ2v) is 5.99. The highest BCUT2D eigenvalue weighted by molar-refractivity contribution is 5.94. The van der Waals surface area contributed by atoms with Crippen molar-refractivity contribution >= 4 is 5.91 Å². The number of hydrogen-bond acceptors (Lipinski definition) is 5. The summed E-state index contributed by atoms with van der Waals surface area (Å²) in [4.78, 5) is 18.9. The molecule has 0 radical (unpaired) electrons. The largest absolute Gasteiger partial charge is 0.472 e. The van der Waals surface area contributed by atoms with Crippen molar-refractivity contribution in [1.29, 1.82) is 0 Å². The van der Waals surface area contributed by atoms with Gasteiger partial charge in [-0.2, -0.15) is 4.98 Å². The molecule has 1 saturated heterocycles. The van der Waals surface area contributed by atoms with E-state index < -0.39 is 0 Å². The van der Waals surface area contributed by atoms with Gasteiger partial charge in [0.1, 0.15) is 12.3 Å². The third-order valence-electron chi connectivity index (χ3n) is 4.28. The minimum absolute atomic E-state index is 0.0680. The van der Waals surface area contributed by atoms with Gasteiger partial charge in [-0.1, -0.05) is 28.9 Å². The smallest absolute Gasteiger partial charge is 0.257 e. The topological polar surface area (TPSA) is 72.4 Å². The molecule has 3 aromatic rings. The van der Waals surface area contributed by atoms with Crippen LogP contribution >= 0.6 is 0 Å². The van der Waals surface area contributed by atoms with E-state index in [1.807, 2.05) is 31.2 Å². The van der Waals surface area contributed by atoms with Crippen LogP contribution in [0.5, 0.6) is 0 Å². The van der Waals surface area contributed by atoms with Crippen molar-refractivity contribution in [3.63, 3.8) is 0 Å². The molecule has 3 heterocycles. The molecule has 1 amide bonds. The number of nitrogens with zero attached hydrogens (tertiary/aromatic N) is 3. The summed E-state index contributed by atoms with van der Waals surface area (Å²) in [7, 11) is 0. The number of amides is 1. The molecule has 1 aromatic carbocycles. The van der Waals surface area contributed by atoms with Crippen LogP contribution in [0, 0.1) is 6.92 Å². The predicted molar refractivity (Wildman–Crippen MR) is 86.2 cm³/mol. The van der Waals surface area contributed by atoms with E-state index in [-0.39, 0.29) is 11.9 Å². The summed E-state index contributed by atoms with van der Waals surface area (Å²) < 4.78 is 10.5. The van der Waals surface area contributed by atoms with Gasteiger partial charge in [0.2, 0.25) is 11.7 Å². The molecule has 24 heavy (non-hydrogen) atoms. The van der Waals surface area contributed by atoms with Gasteiger partial charge < -0.3 is 13.8 Å². The molecule has 1 aliphatic rings. The highest BCUT2D eigenvalue weighted by atomic mass is 16.5. The quantitative estimate of drug-likeness (QED) is 0.736. The van der Waals surface area contributed by atoms with Crippen LogP contribution in [0.2, 0.25) is 0 Å². The Morgan fingerprint density at radius 1 is 1.33 bits per heavy atom. The van der Waals surface area contributed by atoms with E-state index in [2.05, 4.69) is 10.1 Å². The van der Waals surface area contributed by atoms with Gasteiger partial charge in [0.25, 0.3) is 5.91 Å². The number of hydrogen-bond donors (Lipinski definition) is 0. The monoisotopic (exact) mass is 323 g/mol. The molecular formula is C18H17N3O3. The molecule has 6 nitrogen and oxygen atoms in total. The van der Waals surface area contributed by atoms with Crippen LogP contribution in [0.25, 0.3) is 11.4 Å². The fourth-order valence-corrected chi connectivity index (χ4v) is 3.09. The number of rotatable bonds is 3. The summed E-state index contributed by atoms with van der Waals surface area (Å²) in [6.45, 7) is 2.70. The Hall–Kier alpha value is -2.89. The van der Waals surface area contributed by atoms with Gasteiger partial charge in [-0.25, -0.2) is 0 Å². The van der Waals surface area contributed by atoms with Gasteiger partial charge in [0.05, 0.1) is 11.8 Å². The molecule has 4 rings (SSSR count). The second-order valence-electron chi connectivity index (χ2n) is 5.99. The van der Waals surface area contributed by atoms with Gasteiger partial charge in [-0.15, -0.1) is 0 Å². The Balaban J connectivity index is 1.60. The fraction of sp³-hybridized carbons (Fsp3) is 0.278. The van der Waals surface area contributed by atoms with Crippen molar-refractivity contribution in [2.24, 2.45) is 0 Å². The second kappa shape index (κ2) is 5.96. The Labute approximate surface area is 139 Å². The Bertz CT molecular complexity index is 854. The van der Waals surface area contributed by atoms with E-state index >= 15 is 0 Å². The molecule has 122 valence electrons. The maximum absolute atomic E-state index is 12.6. The average Bonchev–Trinajstić information content (AvgIpc) is 3.33. The summed E-state index contributed by atoms with van der Waals surface area (Å²) in [5.41, 5.74) is 2.59. The van der Waals surface area contributed by atoms with Crippen molar-refractivity contribution in [2.45, 2.75) is 25.8 Å². The SMILES string of the molecule is Cc1cccc(-c2noc(C3CCCN3C(=O)c3ccoc3)n2)c1. The molecule has 0 aliphatic carbocycles. The third-order valence-corrected chi connectivity index (χ3v) is 4.28. The van der Waals surface area contributed by atoms with Crippen LogP contribution in [0.4, 0.5) is 0 Å². The normalized spacial score (nSPS) is 17.4. The zero-order valence-electron chi connectivity index (χ0n) is 13.3. The van der Waals surface area contributed by atoms with Crippen LogP contribution in [0.15, 0.2) is 51.8 Å². The zero-order valence-corrected chi connectivity index (χ0v) is 13.3. The molecule has 2 aromatic heterocycles. The van der Waals surface area contributed by atoms with Crippen molar-refractivity contribution in [1.82, 2.24) is 15.0 Å². The molecule has 0 bridgehead atoms. The van der Waals surface area contributed by atoms with Crippen LogP contribution in [-0.2, 0) is 0 Å². The summed E-state index contributed by atoms with van der Waals surface area (Å²) in [6.07, 6.45) is 4.69. The molecule has 0 saturated carbocycles. The summed E-state index contributed by atoms with van der Waals surface area (Å²) in [5.74, 6) is 0.971. The summed E-state index contributed by atoms with van der Waals surface area (Å²) in [6, 6.07) is 9.43. The molecule has 0 N–H and O–H groups in total. The number of benzene rings is 1. The fourth-order valence-electron chi connectivity index (χ4n) is 3.09. The lowest BCUT2D eigenvalue weighted by molar-refractivity contribution is 0.0709. The van der Waals surface area contributed by atoms with Crippen molar-refractivity contribution < 1.29 is 13.7 Å². The average molecular weight is 323 g/mol. The third kappa shape index (κ3) is 2.60. The lowest BCUT2D eigenvalue weighted by Crippen LogP contribution is -2.30. The van der Waals surface area contributed by atoms with Gasteiger partial charge in [0, 0.05) is 12.1 Å². The van der Waals surface area contributed by atoms with Crippen molar-refractivity contribution in [3.05, 3.63) is 59.9 Å². The highest BCUT2D eigenvalue weighted by Gasteiger charge is 2.34. The number of aryl methyl sites for hydroxylation is 1. The first-order valence-corrected chi connectivity index (χ1v) is 7.96. The number of carbonyl (C=O) groups is 1. The van der Waals surface area contributed by atoms with Crippen molar-refractivity contribution in [3.8, 4) is 11.4 Å². The standard InChI is InChI=1S/C18H17N3O3/c1-12-4-2-5-13(10-12)16-19-17(24-20-16)15-6-3-8-21(15)18(22)14-7-9-23-11-14/h2,4-5,7,9-11,15H,3,6,8H2,1H3. The van der Waals surface area contributed by atoms with E-state index in [1.54, 1.807) is 11.0 Å². The Kier molecular flexibility index (Phi) is 3.65. The van der Waals surface area contributed by atoms with Gasteiger partial charge in [-0.05, 0) is 31.9 Å². The molecule has 1 unspecified atom stereocenters. The van der Waals surface area contributed by atoms with Crippen LogP contribution in [0.1, 0.15) is 40.7 Å². The minimum atomic E-state index is -0.182. The molecule has 0 spiro atoms. The summed E-state index contributed by atoms with van der Waals surface area (Å²) in [5, 5.41) is 4.09. The zero-order chi connectivity index (χ0) is 16.5. The van der Waals surface area contributed by atoms with Gasteiger partial charge >= 0.3 is 0 Å². The van der Waals surface area contributed by atoms with Crippen molar-refractivity contribution in [2.75, 3.05) is 6.54 Å². The maximum atomic E-state index is 12.6. The first-order chi connectivity index (χ1) is 11.7. The number of likely N-dealkylation sites (tertiary alicyclic amines) is 1. The Morgan fingerprint density at radius 2 is 2.25 bits per heavy atom. The first-order valence-electron chi connectivity index (χ1n) is 7.96. The molecule has 6 heteroatoms. The lowest BCUT2D eigenvalue weighted by Gasteiger charge is -2.20. The number of aromatic nitrogens is 2. The van der Waals surface area contributed by atoms with E-state index in [0.29, 0.717) is 23.8 Å². The number of carbonyl (C=O) groups excluding carboxylic acids is 1. The van der Waals surface area contributed by atoms with Gasteiger partial charge in [-0.3, -0.25) is 4.79 Å². The first kappa shape index (κ1) is 14.7. The molecule has 1 fully saturated rings. The van der Waals surface area contributed by atoms with Gasteiger partial charge in [0.15, 0.2) is 0 Å². The molecule has 1 atom stereocenters. The Morgan fingerprint density at radius 3 is 3.04 bits per heavy atom. The van der Waals surface area contributed by atoms with Crippen LogP contribution in [0.3, 0.4) is 0 Å².